The van der Waals surface area contributed by atoms with Crippen molar-refractivity contribution in [2.45, 2.75) is 51.6 Å². The summed E-state index contributed by atoms with van der Waals surface area (Å²) in [5.41, 5.74) is 3.16. The van der Waals surface area contributed by atoms with Gasteiger partial charge in [0.1, 0.15) is 17.7 Å². The van der Waals surface area contributed by atoms with Gasteiger partial charge in [0.15, 0.2) is 5.82 Å². The molecular weight excluding hydrogens is 338 g/mol. The molecule has 3 aromatic rings. The van der Waals surface area contributed by atoms with Gasteiger partial charge in [-0.05, 0) is 45.6 Å². The Morgan fingerprint density at radius 3 is 2.44 bits per heavy atom. The minimum absolute atomic E-state index is 0.537. The molecule has 0 unspecified atom stereocenters. The van der Waals surface area contributed by atoms with Crippen LogP contribution >= 0.6 is 0 Å². The number of piperidine rings is 1. The van der Waals surface area contributed by atoms with Gasteiger partial charge in [-0.15, -0.1) is 0 Å². The van der Waals surface area contributed by atoms with Crippen LogP contribution in [0.3, 0.4) is 0 Å². The summed E-state index contributed by atoms with van der Waals surface area (Å²) in [6, 6.07) is 5.43. The topological polar surface area (TPSA) is 62.5 Å². The molecule has 3 aromatic heterocycles. The fourth-order valence-electron chi connectivity index (χ4n) is 4.24. The van der Waals surface area contributed by atoms with Crippen LogP contribution in [0.25, 0.3) is 5.52 Å². The fraction of sp³-hybridized carbons (Fsp3) is 0.500. The van der Waals surface area contributed by atoms with Crippen molar-refractivity contribution in [2.75, 3.05) is 22.9 Å². The summed E-state index contributed by atoms with van der Waals surface area (Å²) >= 11 is 0. The maximum atomic E-state index is 4.66. The zero-order chi connectivity index (χ0) is 18.4. The van der Waals surface area contributed by atoms with Gasteiger partial charge >= 0.3 is 0 Å². The first-order valence-corrected chi connectivity index (χ1v) is 9.82. The van der Waals surface area contributed by atoms with E-state index in [0.717, 1.165) is 54.5 Å². The number of rotatable bonds is 4. The van der Waals surface area contributed by atoms with E-state index in [9.17, 15) is 0 Å². The fourth-order valence-corrected chi connectivity index (χ4v) is 4.24. The smallest absolute Gasteiger partial charge is 0.154 e. The number of nitrogens with zero attached hydrogens (tertiary/aromatic N) is 7. The van der Waals surface area contributed by atoms with E-state index in [-0.39, 0.29) is 0 Å². The highest BCUT2D eigenvalue weighted by Gasteiger charge is 2.36. The van der Waals surface area contributed by atoms with Gasteiger partial charge in [-0.1, -0.05) is 0 Å². The highest BCUT2D eigenvalue weighted by atomic mass is 15.3. The molecule has 4 heterocycles. The molecule has 140 valence electrons. The summed E-state index contributed by atoms with van der Waals surface area (Å²) in [7, 11) is 0. The molecule has 0 bridgehead atoms. The quantitative estimate of drug-likeness (QED) is 0.710. The second-order valence-corrected chi connectivity index (χ2v) is 7.74. The van der Waals surface area contributed by atoms with Crippen LogP contribution in [-0.2, 0) is 0 Å². The van der Waals surface area contributed by atoms with Crippen LogP contribution in [-0.4, -0.2) is 49.7 Å². The third-order valence-electron chi connectivity index (χ3n) is 5.64. The van der Waals surface area contributed by atoms with Crippen molar-refractivity contribution in [3.05, 3.63) is 42.2 Å². The van der Waals surface area contributed by atoms with E-state index in [1.165, 1.54) is 12.8 Å². The summed E-state index contributed by atoms with van der Waals surface area (Å²) in [4.78, 5) is 18.5. The van der Waals surface area contributed by atoms with Crippen LogP contribution in [0.5, 0.6) is 0 Å². The molecule has 2 fully saturated rings. The van der Waals surface area contributed by atoms with Gasteiger partial charge < -0.3 is 9.80 Å². The Balaban J connectivity index is 1.36. The van der Waals surface area contributed by atoms with E-state index >= 15 is 0 Å². The van der Waals surface area contributed by atoms with Crippen molar-refractivity contribution < 1.29 is 0 Å². The van der Waals surface area contributed by atoms with Gasteiger partial charge in [-0.3, -0.25) is 0 Å². The van der Waals surface area contributed by atoms with Gasteiger partial charge in [0.2, 0.25) is 0 Å². The molecular formula is C20H25N7. The van der Waals surface area contributed by atoms with E-state index in [4.69, 9.17) is 0 Å². The maximum absolute atomic E-state index is 4.66. The Morgan fingerprint density at radius 2 is 1.70 bits per heavy atom. The number of fused-ring (bicyclic) bond motifs is 1. The second kappa shape index (κ2) is 6.48. The molecule has 5 rings (SSSR count). The van der Waals surface area contributed by atoms with Crippen LogP contribution < -0.4 is 9.80 Å². The molecule has 0 aromatic carbocycles. The van der Waals surface area contributed by atoms with Crippen LogP contribution in [0, 0.1) is 13.8 Å². The number of hydrogen-bond donors (Lipinski definition) is 0. The molecule has 1 aliphatic carbocycles. The van der Waals surface area contributed by atoms with Crippen molar-refractivity contribution in [2.24, 2.45) is 0 Å². The first-order chi connectivity index (χ1) is 13.2. The summed E-state index contributed by atoms with van der Waals surface area (Å²) in [5.74, 6) is 2.14. The zero-order valence-electron chi connectivity index (χ0n) is 15.9. The van der Waals surface area contributed by atoms with E-state index in [1.807, 2.05) is 30.8 Å². The lowest BCUT2D eigenvalue weighted by Gasteiger charge is -2.40. The molecule has 0 N–H and O–H groups in total. The third-order valence-corrected chi connectivity index (χ3v) is 5.64. The Hall–Kier alpha value is -2.70. The molecule has 0 atom stereocenters. The molecule has 1 aliphatic heterocycles. The third kappa shape index (κ3) is 3.11. The van der Waals surface area contributed by atoms with E-state index < -0.39 is 0 Å². The lowest BCUT2D eigenvalue weighted by Crippen LogP contribution is -2.46. The highest BCUT2D eigenvalue weighted by molar-refractivity contribution is 5.69. The van der Waals surface area contributed by atoms with Crippen LogP contribution in [0.2, 0.25) is 0 Å². The number of aromatic nitrogens is 5. The molecule has 0 radical (unpaired) electrons. The predicted octanol–water partition coefficient (Wildman–Crippen LogP) is 2.77. The van der Waals surface area contributed by atoms with Crippen LogP contribution in [0.4, 0.5) is 11.6 Å². The molecule has 0 spiro atoms. The monoisotopic (exact) mass is 363 g/mol. The predicted molar refractivity (Wildman–Crippen MR) is 105 cm³/mol. The van der Waals surface area contributed by atoms with Gasteiger partial charge in [-0.25, -0.2) is 19.5 Å². The highest BCUT2D eigenvalue weighted by Crippen LogP contribution is 2.36. The molecule has 2 aliphatic rings. The molecule has 7 nitrogen and oxygen atoms in total. The average molecular weight is 363 g/mol. The van der Waals surface area contributed by atoms with Crippen molar-refractivity contribution >= 4 is 17.2 Å². The van der Waals surface area contributed by atoms with Crippen molar-refractivity contribution in [1.82, 2.24) is 24.6 Å². The summed E-state index contributed by atoms with van der Waals surface area (Å²) in [5, 5.41) is 4.52. The molecule has 1 saturated heterocycles. The Morgan fingerprint density at radius 1 is 0.926 bits per heavy atom. The minimum atomic E-state index is 0.537. The van der Waals surface area contributed by atoms with Crippen LogP contribution in [0.1, 0.15) is 37.1 Å². The Kier molecular flexibility index (Phi) is 3.95. The summed E-state index contributed by atoms with van der Waals surface area (Å²) < 4.78 is 1.93. The van der Waals surface area contributed by atoms with Gasteiger partial charge in [-0.2, -0.15) is 5.10 Å². The lowest BCUT2D eigenvalue weighted by atomic mass is 10.0. The van der Waals surface area contributed by atoms with Crippen molar-refractivity contribution in [1.29, 1.82) is 0 Å². The molecule has 0 amide bonds. The summed E-state index contributed by atoms with van der Waals surface area (Å²) in [6.45, 7) is 6.09. The normalized spacial score (nSPS) is 18.2. The minimum Gasteiger partial charge on any atom is -0.355 e. The first-order valence-electron chi connectivity index (χ1n) is 9.82. The Bertz CT molecular complexity index is 954. The summed E-state index contributed by atoms with van der Waals surface area (Å²) in [6.07, 6.45) is 10.3. The zero-order valence-corrected chi connectivity index (χ0v) is 15.9. The van der Waals surface area contributed by atoms with Crippen LogP contribution in [0.15, 0.2) is 30.9 Å². The lowest BCUT2D eigenvalue weighted by molar-refractivity contribution is 0.457. The van der Waals surface area contributed by atoms with E-state index in [1.54, 1.807) is 6.33 Å². The van der Waals surface area contributed by atoms with Gasteiger partial charge in [0, 0.05) is 49.3 Å². The maximum Gasteiger partial charge on any atom is 0.154 e. The first kappa shape index (κ1) is 16.5. The standard InChI is InChI=1S/C20H25N7/c1-14-12-19(23-13-22-14)27(16-3-4-16)17-5-8-25(9-6-17)20-18-11-15(2)24-26(18)10-7-21-20/h7,10-13,16-17H,3-6,8-9H2,1-2H3. The number of anilines is 2. The second-order valence-electron chi connectivity index (χ2n) is 7.74. The van der Waals surface area contributed by atoms with Crippen molar-refractivity contribution in [3.8, 4) is 0 Å². The average Bonchev–Trinajstić information content (AvgIpc) is 3.42. The molecule has 7 heteroatoms. The largest absolute Gasteiger partial charge is 0.355 e. The van der Waals surface area contributed by atoms with Gasteiger partial charge in [0.05, 0.1) is 5.69 Å². The van der Waals surface area contributed by atoms with Crippen molar-refractivity contribution in [3.63, 3.8) is 0 Å². The Labute approximate surface area is 159 Å². The number of aryl methyl sites for hydroxylation is 2. The van der Waals surface area contributed by atoms with E-state index in [0.29, 0.717) is 12.1 Å². The van der Waals surface area contributed by atoms with Gasteiger partial charge in [0.25, 0.3) is 0 Å². The van der Waals surface area contributed by atoms with E-state index in [2.05, 4.69) is 42.0 Å². The SMILES string of the molecule is Cc1cc(N(C2CC2)C2CCN(c3nccn4nc(C)cc34)CC2)ncn1. The number of hydrogen-bond acceptors (Lipinski definition) is 6. The molecule has 27 heavy (non-hydrogen) atoms. The molecule has 1 saturated carbocycles.